The zero-order valence-electron chi connectivity index (χ0n) is 11.7. The van der Waals surface area contributed by atoms with Gasteiger partial charge in [-0.25, -0.2) is 4.79 Å². The Balaban J connectivity index is 1.82. The van der Waals surface area contributed by atoms with E-state index in [0.717, 1.165) is 32.4 Å². The molecule has 0 aromatic rings. The standard InChI is InChI=1S/C14H24N2O3/c1-11-4-2-8-16(9-5-11)13(19)15-10-14(12(17)18)6-3-7-14/h11H,2-10H2,1H3,(H,15,19)(H,17,18). The van der Waals surface area contributed by atoms with Crippen LogP contribution >= 0.6 is 0 Å². The fraction of sp³-hybridized carbons (Fsp3) is 0.857. The summed E-state index contributed by atoms with van der Waals surface area (Å²) in [6.45, 7) is 4.06. The number of carboxylic acids is 1. The van der Waals surface area contributed by atoms with Crippen molar-refractivity contribution in [1.82, 2.24) is 10.2 Å². The quantitative estimate of drug-likeness (QED) is 0.823. The second-order valence-electron chi connectivity index (χ2n) is 6.12. The molecule has 5 nitrogen and oxygen atoms in total. The summed E-state index contributed by atoms with van der Waals surface area (Å²) in [5.74, 6) is -0.0988. The van der Waals surface area contributed by atoms with Gasteiger partial charge in [0.1, 0.15) is 0 Å². The van der Waals surface area contributed by atoms with Crippen molar-refractivity contribution < 1.29 is 14.7 Å². The van der Waals surface area contributed by atoms with Crippen molar-refractivity contribution in [3.8, 4) is 0 Å². The molecule has 1 atom stereocenters. The van der Waals surface area contributed by atoms with Crippen LogP contribution in [0.25, 0.3) is 0 Å². The minimum atomic E-state index is -0.775. The average molecular weight is 268 g/mol. The van der Waals surface area contributed by atoms with Gasteiger partial charge in [-0.1, -0.05) is 13.3 Å². The predicted octanol–water partition coefficient (Wildman–Crippen LogP) is 2.07. The highest BCUT2D eigenvalue weighted by atomic mass is 16.4. The molecule has 1 saturated carbocycles. The van der Waals surface area contributed by atoms with E-state index in [-0.39, 0.29) is 12.6 Å². The normalized spacial score (nSPS) is 26.2. The topological polar surface area (TPSA) is 69.6 Å². The van der Waals surface area contributed by atoms with Crippen molar-refractivity contribution in [2.45, 2.75) is 45.4 Å². The molecule has 1 aliphatic heterocycles. The summed E-state index contributed by atoms with van der Waals surface area (Å²) in [7, 11) is 0. The second kappa shape index (κ2) is 5.80. The van der Waals surface area contributed by atoms with Gasteiger partial charge in [0.25, 0.3) is 0 Å². The van der Waals surface area contributed by atoms with E-state index in [4.69, 9.17) is 0 Å². The van der Waals surface area contributed by atoms with Gasteiger partial charge in [-0.15, -0.1) is 0 Å². The van der Waals surface area contributed by atoms with Crippen molar-refractivity contribution in [2.24, 2.45) is 11.3 Å². The molecule has 1 heterocycles. The van der Waals surface area contributed by atoms with Crippen LogP contribution in [-0.2, 0) is 4.79 Å². The molecule has 2 N–H and O–H groups in total. The van der Waals surface area contributed by atoms with Crippen LogP contribution < -0.4 is 5.32 Å². The third-order valence-electron chi connectivity index (χ3n) is 4.65. The second-order valence-corrected chi connectivity index (χ2v) is 6.12. The van der Waals surface area contributed by atoms with Crippen LogP contribution in [0.15, 0.2) is 0 Å². The molecule has 108 valence electrons. The van der Waals surface area contributed by atoms with Crippen LogP contribution in [0, 0.1) is 11.3 Å². The molecule has 0 radical (unpaired) electrons. The lowest BCUT2D eigenvalue weighted by Gasteiger charge is -2.38. The van der Waals surface area contributed by atoms with Gasteiger partial charge in [0, 0.05) is 19.6 Å². The Hall–Kier alpha value is -1.26. The van der Waals surface area contributed by atoms with Crippen molar-refractivity contribution >= 4 is 12.0 Å². The third kappa shape index (κ3) is 3.19. The van der Waals surface area contributed by atoms with Gasteiger partial charge in [0.05, 0.1) is 5.41 Å². The number of amides is 2. The Morgan fingerprint density at radius 2 is 2.00 bits per heavy atom. The van der Waals surface area contributed by atoms with E-state index in [0.29, 0.717) is 18.8 Å². The van der Waals surface area contributed by atoms with Crippen molar-refractivity contribution in [3.05, 3.63) is 0 Å². The SMILES string of the molecule is CC1CCCN(C(=O)NCC2(C(=O)O)CCC2)CC1. The number of carbonyl (C=O) groups excluding carboxylic acids is 1. The minimum Gasteiger partial charge on any atom is -0.481 e. The first-order chi connectivity index (χ1) is 9.03. The summed E-state index contributed by atoms with van der Waals surface area (Å²) < 4.78 is 0. The fourth-order valence-electron chi connectivity index (χ4n) is 2.89. The molecule has 0 aromatic carbocycles. The van der Waals surface area contributed by atoms with E-state index < -0.39 is 11.4 Å². The number of hydrogen-bond acceptors (Lipinski definition) is 2. The maximum absolute atomic E-state index is 12.1. The van der Waals surface area contributed by atoms with E-state index in [2.05, 4.69) is 12.2 Å². The largest absolute Gasteiger partial charge is 0.481 e. The van der Waals surface area contributed by atoms with Crippen LogP contribution in [0.4, 0.5) is 4.79 Å². The number of hydrogen-bond donors (Lipinski definition) is 2. The zero-order chi connectivity index (χ0) is 13.9. The first kappa shape index (κ1) is 14.2. The molecule has 2 amide bonds. The fourth-order valence-corrected chi connectivity index (χ4v) is 2.89. The Morgan fingerprint density at radius 3 is 2.58 bits per heavy atom. The lowest BCUT2D eigenvalue weighted by Crippen LogP contribution is -2.50. The number of carboxylic acid groups (broad SMARTS) is 1. The number of nitrogens with one attached hydrogen (secondary N) is 1. The van der Waals surface area contributed by atoms with Gasteiger partial charge >= 0.3 is 12.0 Å². The molecule has 1 saturated heterocycles. The molecule has 1 aliphatic carbocycles. The average Bonchev–Trinajstić information content (AvgIpc) is 2.52. The van der Waals surface area contributed by atoms with Gasteiger partial charge in [0.2, 0.25) is 0 Å². The molecule has 1 unspecified atom stereocenters. The molecule has 2 fully saturated rings. The monoisotopic (exact) mass is 268 g/mol. The first-order valence-electron chi connectivity index (χ1n) is 7.30. The van der Waals surface area contributed by atoms with Crippen LogP contribution in [0.5, 0.6) is 0 Å². The number of urea groups is 1. The van der Waals surface area contributed by atoms with Crippen molar-refractivity contribution in [1.29, 1.82) is 0 Å². The lowest BCUT2D eigenvalue weighted by atomic mass is 9.69. The van der Waals surface area contributed by atoms with Crippen LogP contribution in [-0.4, -0.2) is 41.6 Å². The lowest BCUT2D eigenvalue weighted by molar-refractivity contribution is -0.153. The molecule has 0 spiro atoms. The molecule has 5 heteroatoms. The molecular formula is C14H24N2O3. The van der Waals surface area contributed by atoms with Gasteiger partial charge in [-0.05, 0) is 38.0 Å². The number of rotatable bonds is 3. The van der Waals surface area contributed by atoms with Gasteiger partial charge in [0.15, 0.2) is 0 Å². The zero-order valence-corrected chi connectivity index (χ0v) is 11.7. The summed E-state index contributed by atoms with van der Waals surface area (Å²) in [5.41, 5.74) is -0.700. The van der Waals surface area contributed by atoms with Crippen LogP contribution in [0.1, 0.15) is 45.4 Å². The van der Waals surface area contributed by atoms with Gasteiger partial charge in [-0.2, -0.15) is 0 Å². The number of aliphatic carboxylic acids is 1. The summed E-state index contributed by atoms with van der Waals surface area (Å²) in [4.78, 5) is 25.1. The maximum atomic E-state index is 12.1. The number of nitrogens with zero attached hydrogens (tertiary/aromatic N) is 1. The summed E-state index contributed by atoms with van der Waals surface area (Å²) in [6.07, 6.45) is 5.56. The van der Waals surface area contributed by atoms with E-state index in [9.17, 15) is 14.7 Å². The van der Waals surface area contributed by atoms with E-state index in [1.54, 1.807) is 0 Å². The first-order valence-corrected chi connectivity index (χ1v) is 7.30. The molecule has 0 bridgehead atoms. The van der Waals surface area contributed by atoms with Gasteiger partial charge < -0.3 is 15.3 Å². The smallest absolute Gasteiger partial charge is 0.317 e. The summed E-state index contributed by atoms with van der Waals surface area (Å²) in [6, 6.07) is -0.0957. The Bertz CT molecular complexity index is 353. The molecule has 19 heavy (non-hydrogen) atoms. The molecule has 0 aromatic heterocycles. The Kier molecular flexibility index (Phi) is 4.32. The van der Waals surface area contributed by atoms with Gasteiger partial charge in [-0.3, -0.25) is 4.79 Å². The van der Waals surface area contributed by atoms with Crippen LogP contribution in [0.3, 0.4) is 0 Å². The number of likely N-dealkylation sites (tertiary alicyclic amines) is 1. The molecular weight excluding hydrogens is 244 g/mol. The van der Waals surface area contributed by atoms with Crippen LogP contribution in [0.2, 0.25) is 0 Å². The van der Waals surface area contributed by atoms with E-state index in [1.807, 2.05) is 4.90 Å². The van der Waals surface area contributed by atoms with E-state index >= 15 is 0 Å². The predicted molar refractivity (Wildman–Crippen MR) is 71.9 cm³/mol. The van der Waals surface area contributed by atoms with Crippen molar-refractivity contribution in [2.75, 3.05) is 19.6 Å². The Labute approximate surface area is 114 Å². The highest BCUT2D eigenvalue weighted by Crippen LogP contribution is 2.40. The van der Waals surface area contributed by atoms with Crippen molar-refractivity contribution in [3.63, 3.8) is 0 Å². The maximum Gasteiger partial charge on any atom is 0.317 e. The highest BCUT2D eigenvalue weighted by Gasteiger charge is 2.44. The summed E-state index contributed by atoms with van der Waals surface area (Å²) >= 11 is 0. The number of carbonyl (C=O) groups is 2. The molecule has 2 rings (SSSR count). The third-order valence-corrected chi connectivity index (χ3v) is 4.65. The summed E-state index contributed by atoms with van der Waals surface area (Å²) in [5, 5.41) is 12.0. The molecule has 2 aliphatic rings. The minimum absolute atomic E-state index is 0.0957. The Morgan fingerprint density at radius 1 is 1.26 bits per heavy atom. The van der Waals surface area contributed by atoms with E-state index in [1.165, 1.54) is 6.42 Å². The highest BCUT2D eigenvalue weighted by molar-refractivity contribution is 5.78.